The molecule has 1 aliphatic carbocycles. The van der Waals surface area contributed by atoms with Crippen molar-refractivity contribution in [3.63, 3.8) is 0 Å². The van der Waals surface area contributed by atoms with Gasteiger partial charge in [0.25, 0.3) is 0 Å². The second kappa shape index (κ2) is 3.73. The van der Waals surface area contributed by atoms with Crippen LogP contribution in [0.4, 0.5) is 0 Å². The van der Waals surface area contributed by atoms with Gasteiger partial charge in [0.15, 0.2) is 0 Å². The molecule has 6 nitrogen and oxygen atoms in total. The van der Waals surface area contributed by atoms with E-state index in [1.54, 1.807) is 0 Å². The molecule has 2 N–H and O–H groups in total. The van der Waals surface area contributed by atoms with Crippen molar-refractivity contribution in [2.45, 2.75) is 24.1 Å². The van der Waals surface area contributed by atoms with E-state index in [1.165, 1.54) is 4.31 Å². The number of nitrogens with two attached hydrogens (primary N) is 1. The molecule has 1 saturated carbocycles. The summed E-state index contributed by atoms with van der Waals surface area (Å²) in [6.45, 7) is 0.628. The number of hydrogen-bond donors (Lipinski definition) is 1. The first-order valence-electron chi connectivity index (χ1n) is 4.91. The van der Waals surface area contributed by atoms with Gasteiger partial charge in [-0.05, 0) is 12.8 Å². The lowest BCUT2D eigenvalue weighted by molar-refractivity contribution is -0.125. The van der Waals surface area contributed by atoms with Gasteiger partial charge in [-0.2, -0.15) is 4.31 Å². The van der Waals surface area contributed by atoms with Gasteiger partial charge in [0.05, 0.1) is 18.5 Å². The average molecular weight is 234 g/mol. The zero-order chi connectivity index (χ0) is 11.1. The summed E-state index contributed by atoms with van der Waals surface area (Å²) >= 11 is 0. The van der Waals surface area contributed by atoms with E-state index in [2.05, 4.69) is 0 Å². The van der Waals surface area contributed by atoms with Crippen LogP contribution in [0.15, 0.2) is 0 Å². The van der Waals surface area contributed by atoms with Gasteiger partial charge < -0.3 is 10.5 Å². The maximum atomic E-state index is 11.9. The number of amides is 1. The Morgan fingerprint density at radius 2 is 2.07 bits per heavy atom. The number of nitrogens with zero attached hydrogens (tertiary/aromatic N) is 1. The molecule has 1 amide bonds. The molecule has 15 heavy (non-hydrogen) atoms. The van der Waals surface area contributed by atoms with Crippen molar-refractivity contribution in [3.05, 3.63) is 0 Å². The Morgan fingerprint density at radius 1 is 1.40 bits per heavy atom. The van der Waals surface area contributed by atoms with Crippen molar-refractivity contribution >= 4 is 15.9 Å². The highest BCUT2D eigenvalue weighted by molar-refractivity contribution is 7.90. The third kappa shape index (κ3) is 1.99. The van der Waals surface area contributed by atoms with E-state index in [4.69, 9.17) is 10.5 Å². The monoisotopic (exact) mass is 234 g/mol. The number of carbonyl (C=O) groups excluding carboxylic acids is 1. The molecule has 0 spiro atoms. The second-order valence-corrected chi connectivity index (χ2v) is 6.01. The number of primary amides is 1. The topological polar surface area (TPSA) is 89.7 Å². The molecule has 1 unspecified atom stereocenters. The van der Waals surface area contributed by atoms with Crippen LogP contribution in [-0.4, -0.2) is 49.7 Å². The number of hydrogen-bond acceptors (Lipinski definition) is 4. The zero-order valence-electron chi connectivity index (χ0n) is 8.26. The standard InChI is InChI=1S/C8H14N2O4S/c9-8(11)7-5-14-4-3-10(7)15(12,13)6-1-2-6/h6-7H,1-5H2,(H2,9,11). The van der Waals surface area contributed by atoms with Gasteiger partial charge in [0.2, 0.25) is 15.9 Å². The summed E-state index contributed by atoms with van der Waals surface area (Å²) in [7, 11) is -3.33. The minimum atomic E-state index is -3.33. The van der Waals surface area contributed by atoms with E-state index in [-0.39, 0.29) is 18.4 Å². The molecule has 1 aliphatic heterocycles. The Balaban J connectivity index is 2.20. The van der Waals surface area contributed by atoms with E-state index in [0.29, 0.717) is 19.4 Å². The quantitative estimate of drug-likeness (QED) is 0.654. The molecule has 0 aromatic carbocycles. The highest BCUT2D eigenvalue weighted by Gasteiger charge is 2.45. The molecule has 0 bridgehead atoms. The lowest BCUT2D eigenvalue weighted by Gasteiger charge is -2.32. The number of ether oxygens (including phenoxy) is 1. The Hall–Kier alpha value is -0.660. The van der Waals surface area contributed by atoms with E-state index < -0.39 is 22.0 Å². The number of carbonyl (C=O) groups is 1. The highest BCUT2D eigenvalue weighted by atomic mass is 32.2. The third-order valence-corrected chi connectivity index (χ3v) is 5.08. The van der Waals surface area contributed by atoms with Crippen molar-refractivity contribution < 1.29 is 17.9 Å². The van der Waals surface area contributed by atoms with Crippen molar-refractivity contribution in [1.29, 1.82) is 0 Å². The van der Waals surface area contributed by atoms with Gasteiger partial charge in [-0.25, -0.2) is 8.42 Å². The van der Waals surface area contributed by atoms with Crippen LogP contribution in [0.2, 0.25) is 0 Å². The maximum absolute atomic E-state index is 11.9. The minimum absolute atomic E-state index is 0.0707. The predicted molar refractivity (Wildman–Crippen MR) is 52.4 cm³/mol. The molecule has 1 saturated heterocycles. The van der Waals surface area contributed by atoms with Crippen LogP contribution in [0.3, 0.4) is 0 Å². The van der Waals surface area contributed by atoms with Crippen LogP contribution >= 0.6 is 0 Å². The van der Waals surface area contributed by atoms with Gasteiger partial charge in [0, 0.05) is 6.54 Å². The molecule has 0 aromatic heterocycles. The van der Waals surface area contributed by atoms with Crippen LogP contribution in [0.5, 0.6) is 0 Å². The smallest absolute Gasteiger partial charge is 0.238 e. The summed E-state index contributed by atoms with van der Waals surface area (Å²) in [5.74, 6) is -0.640. The van der Waals surface area contributed by atoms with Gasteiger partial charge in [-0.15, -0.1) is 0 Å². The molecule has 86 valence electrons. The van der Waals surface area contributed by atoms with Crippen molar-refractivity contribution in [2.24, 2.45) is 5.73 Å². The Labute approximate surface area is 88.4 Å². The van der Waals surface area contributed by atoms with Crippen molar-refractivity contribution in [1.82, 2.24) is 4.31 Å². The SMILES string of the molecule is NC(=O)C1COCCN1S(=O)(=O)C1CC1. The molecule has 7 heteroatoms. The second-order valence-electron chi connectivity index (χ2n) is 3.85. The van der Waals surface area contributed by atoms with Crippen LogP contribution in [0, 0.1) is 0 Å². The molecule has 0 radical (unpaired) electrons. The van der Waals surface area contributed by atoms with Gasteiger partial charge >= 0.3 is 0 Å². The van der Waals surface area contributed by atoms with E-state index in [0.717, 1.165) is 0 Å². The fourth-order valence-electron chi connectivity index (χ4n) is 1.67. The summed E-state index contributed by atoms with van der Waals surface area (Å²) in [5, 5.41) is -0.308. The molecule has 2 aliphatic rings. The molecular formula is C8H14N2O4S. The lowest BCUT2D eigenvalue weighted by Crippen LogP contribution is -2.55. The summed E-state index contributed by atoms with van der Waals surface area (Å²) in [6.07, 6.45) is 1.37. The Bertz CT molecular complexity index is 363. The average Bonchev–Trinajstić information content (AvgIpc) is 3.01. The van der Waals surface area contributed by atoms with E-state index >= 15 is 0 Å². The number of sulfonamides is 1. The van der Waals surface area contributed by atoms with Crippen LogP contribution < -0.4 is 5.73 Å². The first-order chi connectivity index (χ1) is 7.03. The fraction of sp³-hybridized carbons (Fsp3) is 0.875. The normalized spacial score (nSPS) is 28.9. The molecule has 2 rings (SSSR count). The molecular weight excluding hydrogens is 220 g/mol. The van der Waals surface area contributed by atoms with E-state index in [9.17, 15) is 13.2 Å². The molecule has 0 aromatic rings. The predicted octanol–water partition coefficient (Wildman–Crippen LogP) is -1.34. The highest BCUT2D eigenvalue weighted by Crippen LogP contribution is 2.32. The maximum Gasteiger partial charge on any atom is 0.238 e. The zero-order valence-corrected chi connectivity index (χ0v) is 9.07. The van der Waals surface area contributed by atoms with Gasteiger partial charge in [-0.3, -0.25) is 4.79 Å². The molecule has 1 heterocycles. The summed E-state index contributed by atoms with van der Waals surface area (Å²) < 4.78 is 30.1. The number of morpholine rings is 1. The summed E-state index contributed by atoms with van der Waals surface area (Å²) in [4.78, 5) is 11.1. The van der Waals surface area contributed by atoms with Gasteiger partial charge in [0.1, 0.15) is 6.04 Å². The third-order valence-electron chi connectivity index (χ3n) is 2.68. The molecule has 2 fully saturated rings. The van der Waals surface area contributed by atoms with Crippen LogP contribution in [0.25, 0.3) is 0 Å². The minimum Gasteiger partial charge on any atom is -0.378 e. The Kier molecular flexibility index (Phi) is 2.70. The summed E-state index contributed by atoms with van der Waals surface area (Å²) in [5.41, 5.74) is 5.15. The first kappa shape index (κ1) is 10.8. The fourth-order valence-corrected chi connectivity index (χ4v) is 3.64. The first-order valence-corrected chi connectivity index (χ1v) is 6.41. The molecule has 1 atom stereocenters. The largest absolute Gasteiger partial charge is 0.378 e. The number of rotatable bonds is 3. The van der Waals surface area contributed by atoms with Gasteiger partial charge in [-0.1, -0.05) is 0 Å². The Morgan fingerprint density at radius 3 is 2.60 bits per heavy atom. The van der Waals surface area contributed by atoms with Crippen molar-refractivity contribution in [3.8, 4) is 0 Å². The summed E-state index contributed by atoms with van der Waals surface area (Å²) in [6, 6.07) is -0.829. The van der Waals surface area contributed by atoms with E-state index in [1.807, 2.05) is 0 Å². The lowest BCUT2D eigenvalue weighted by atomic mass is 10.3. The van der Waals surface area contributed by atoms with Crippen LogP contribution in [-0.2, 0) is 19.6 Å². The van der Waals surface area contributed by atoms with Crippen molar-refractivity contribution in [2.75, 3.05) is 19.8 Å². The van der Waals surface area contributed by atoms with Crippen LogP contribution in [0.1, 0.15) is 12.8 Å².